The molecule has 0 radical (unpaired) electrons. The number of aromatic nitrogens is 2. The fraction of sp³-hybridized carbons (Fsp3) is 0. The van der Waals surface area contributed by atoms with E-state index in [1.807, 2.05) is 12.1 Å². The minimum atomic E-state index is 0.468. The summed E-state index contributed by atoms with van der Waals surface area (Å²) in [6.07, 6.45) is 1.77. The van der Waals surface area contributed by atoms with E-state index in [1.54, 1.807) is 23.0 Å². The third kappa shape index (κ3) is 1.85. The highest BCUT2D eigenvalue weighted by Gasteiger charge is 2.03. The second-order valence-corrected chi connectivity index (χ2v) is 3.82. The summed E-state index contributed by atoms with van der Waals surface area (Å²) in [5.74, 6) is 0.468. The molecule has 4 nitrogen and oxygen atoms in total. The average Bonchev–Trinajstić information content (AvgIpc) is 2.65. The van der Waals surface area contributed by atoms with Crippen LogP contribution in [0.2, 0.25) is 0 Å². The third-order valence-electron chi connectivity index (χ3n) is 1.95. The molecular weight excluding hydrogens is 256 g/mol. The van der Waals surface area contributed by atoms with Crippen molar-refractivity contribution in [3.05, 3.63) is 40.5 Å². The first-order valence-corrected chi connectivity index (χ1v) is 5.01. The monoisotopic (exact) mass is 262 g/mol. The Labute approximate surface area is 95.1 Å². The maximum Gasteiger partial charge on any atom is 0.145 e. The highest BCUT2D eigenvalue weighted by Crippen LogP contribution is 2.20. The summed E-state index contributed by atoms with van der Waals surface area (Å²) in [6.45, 7) is 0. The molecule has 15 heavy (non-hydrogen) atoms. The van der Waals surface area contributed by atoms with Crippen molar-refractivity contribution in [3.63, 3.8) is 0 Å². The van der Waals surface area contributed by atoms with Crippen molar-refractivity contribution in [1.29, 1.82) is 5.26 Å². The lowest BCUT2D eigenvalue weighted by Gasteiger charge is -2.02. The lowest BCUT2D eigenvalue weighted by atomic mass is 10.2. The van der Waals surface area contributed by atoms with Crippen molar-refractivity contribution in [2.75, 3.05) is 5.73 Å². The lowest BCUT2D eigenvalue weighted by Crippen LogP contribution is -1.96. The van der Waals surface area contributed by atoms with Crippen LogP contribution in [-0.2, 0) is 0 Å². The van der Waals surface area contributed by atoms with Crippen molar-refractivity contribution in [1.82, 2.24) is 9.78 Å². The normalized spacial score (nSPS) is 9.87. The van der Waals surface area contributed by atoms with Gasteiger partial charge in [-0.1, -0.05) is 0 Å². The topological polar surface area (TPSA) is 67.6 Å². The molecule has 2 aromatic rings. The first-order chi connectivity index (χ1) is 7.20. The van der Waals surface area contributed by atoms with Gasteiger partial charge >= 0.3 is 0 Å². The largest absolute Gasteiger partial charge is 0.382 e. The van der Waals surface area contributed by atoms with Gasteiger partial charge in [0.05, 0.1) is 11.3 Å². The first kappa shape index (κ1) is 9.74. The van der Waals surface area contributed by atoms with Crippen LogP contribution in [0.1, 0.15) is 5.56 Å². The quantitative estimate of drug-likeness (QED) is 0.856. The summed E-state index contributed by atoms with van der Waals surface area (Å²) in [5, 5.41) is 12.8. The molecule has 2 N–H and O–H groups in total. The molecule has 0 fully saturated rings. The van der Waals surface area contributed by atoms with Gasteiger partial charge in [-0.25, -0.2) is 4.68 Å². The van der Waals surface area contributed by atoms with Crippen LogP contribution in [0.25, 0.3) is 5.69 Å². The minimum Gasteiger partial charge on any atom is -0.382 e. The van der Waals surface area contributed by atoms with E-state index in [4.69, 9.17) is 11.0 Å². The van der Waals surface area contributed by atoms with Crippen molar-refractivity contribution in [3.8, 4) is 11.8 Å². The number of rotatable bonds is 1. The molecule has 0 aliphatic heterocycles. The Morgan fingerprint density at radius 3 is 2.73 bits per heavy atom. The van der Waals surface area contributed by atoms with E-state index < -0.39 is 0 Å². The summed E-state index contributed by atoms with van der Waals surface area (Å²) < 4.78 is 2.40. The van der Waals surface area contributed by atoms with Crippen molar-refractivity contribution in [2.24, 2.45) is 0 Å². The fourth-order valence-electron chi connectivity index (χ4n) is 1.22. The van der Waals surface area contributed by atoms with Crippen LogP contribution in [0, 0.1) is 11.3 Å². The van der Waals surface area contributed by atoms with E-state index in [1.165, 1.54) is 0 Å². The SMILES string of the molecule is N#Cc1ccc(-n2ccc(N)n2)cc1Br. The van der Waals surface area contributed by atoms with Crippen LogP contribution in [0.5, 0.6) is 0 Å². The van der Waals surface area contributed by atoms with E-state index in [0.717, 1.165) is 10.2 Å². The second kappa shape index (κ2) is 3.75. The number of anilines is 1. The Kier molecular flexibility index (Phi) is 2.44. The molecule has 0 unspecified atom stereocenters. The van der Waals surface area contributed by atoms with Gasteiger partial charge in [0, 0.05) is 16.7 Å². The van der Waals surface area contributed by atoms with Gasteiger partial charge in [0.2, 0.25) is 0 Å². The summed E-state index contributed by atoms with van der Waals surface area (Å²) in [5.41, 5.74) is 6.97. The Hall–Kier alpha value is -1.80. The summed E-state index contributed by atoms with van der Waals surface area (Å²) in [4.78, 5) is 0. The molecule has 0 amide bonds. The van der Waals surface area contributed by atoms with Gasteiger partial charge in [0.1, 0.15) is 11.9 Å². The number of nitriles is 1. The summed E-state index contributed by atoms with van der Waals surface area (Å²) in [6, 6.07) is 9.17. The van der Waals surface area contributed by atoms with E-state index in [-0.39, 0.29) is 0 Å². The molecule has 2 rings (SSSR count). The van der Waals surface area contributed by atoms with Gasteiger partial charge in [-0.3, -0.25) is 0 Å². The van der Waals surface area contributed by atoms with Gasteiger partial charge in [-0.15, -0.1) is 0 Å². The fourth-order valence-corrected chi connectivity index (χ4v) is 1.67. The number of halogens is 1. The zero-order valence-electron chi connectivity index (χ0n) is 7.68. The molecule has 0 spiro atoms. The number of hydrogen-bond donors (Lipinski definition) is 1. The second-order valence-electron chi connectivity index (χ2n) is 2.96. The minimum absolute atomic E-state index is 0.468. The Morgan fingerprint density at radius 2 is 2.20 bits per heavy atom. The Morgan fingerprint density at radius 1 is 1.40 bits per heavy atom. The van der Waals surface area contributed by atoms with E-state index >= 15 is 0 Å². The molecule has 1 aromatic heterocycles. The smallest absolute Gasteiger partial charge is 0.145 e. The van der Waals surface area contributed by atoms with Gasteiger partial charge in [-0.05, 0) is 34.1 Å². The molecule has 0 bridgehead atoms. The first-order valence-electron chi connectivity index (χ1n) is 4.22. The molecule has 0 saturated carbocycles. The Balaban J connectivity index is 2.48. The van der Waals surface area contributed by atoms with Crippen LogP contribution in [-0.4, -0.2) is 9.78 Å². The van der Waals surface area contributed by atoms with Crippen molar-refractivity contribution < 1.29 is 0 Å². The van der Waals surface area contributed by atoms with E-state index in [9.17, 15) is 0 Å². The molecule has 0 aliphatic carbocycles. The molecule has 1 aromatic carbocycles. The van der Waals surface area contributed by atoms with Crippen LogP contribution < -0.4 is 5.73 Å². The number of nitrogen functional groups attached to an aromatic ring is 1. The van der Waals surface area contributed by atoms with Crippen LogP contribution in [0.3, 0.4) is 0 Å². The molecule has 1 heterocycles. The Bertz CT molecular complexity index is 539. The zero-order chi connectivity index (χ0) is 10.8. The summed E-state index contributed by atoms with van der Waals surface area (Å²) in [7, 11) is 0. The number of hydrogen-bond acceptors (Lipinski definition) is 3. The predicted molar refractivity (Wildman–Crippen MR) is 60.4 cm³/mol. The summed E-state index contributed by atoms with van der Waals surface area (Å²) >= 11 is 3.32. The maximum atomic E-state index is 8.76. The van der Waals surface area contributed by atoms with Crippen LogP contribution >= 0.6 is 15.9 Å². The molecule has 0 atom stereocenters. The predicted octanol–water partition coefficient (Wildman–Crippen LogP) is 2.09. The molecule has 5 heteroatoms. The van der Waals surface area contributed by atoms with Gasteiger partial charge in [-0.2, -0.15) is 10.4 Å². The number of nitrogens with zero attached hydrogens (tertiary/aromatic N) is 3. The average molecular weight is 263 g/mol. The number of nitrogens with two attached hydrogens (primary N) is 1. The zero-order valence-corrected chi connectivity index (χ0v) is 9.27. The highest BCUT2D eigenvalue weighted by molar-refractivity contribution is 9.10. The third-order valence-corrected chi connectivity index (χ3v) is 2.60. The molecule has 74 valence electrons. The van der Waals surface area contributed by atoms with Crippen molar-refractivity contribution in [2.45, 2.75) is 0 Å². The standard InChI is InChI=1S/C10H7BrN4/c11-9-5-8(2-1-7(9)6-12)15-4-3-10(13)14-15/h1-5H,(H2,13,14). The lowest BCUT2D eigenvalue weighted by molar-refractivity contribution is 0.885. The van der Waals surface area contributed by atoms with Crippen LogP contribution in [0.15, 0.2) is 34.9 Å². The van der Waals surface area contributed by atoms with Gasteiger partial charge < -0.3 is 5.73 Å². The van der Waals surface area contributed by atoms with Crippen LogP contribution in [0.4, 0.5) is 5.82 Å². The number of benzene rings is 1. The highest BCUT2D eigenvalue weighted by atomic mass is 79.9. The maximum absolute atomic E-state index is 8.76. The van der Waals surface area contributed by atoms with E-state index in [2.05, 4.69) is 27.1 Å². The van der Waals surface area contributed by atoms with Gasteiger partial charge in [0.15, 0.2) is 0 Å². The molecule has 0 saturated heterocycles. The van der Waals surface area contributed by atoms with Crippen molar-refractivity contribution >= 4 is 21.7 Å². The molecule has 0 aliphatic rings. The van der Waals surface area contributed by atoms with E-state index in [0.29, 0.717) is 11.4 Å². The molecular formula is C10H7BrN4. The van der Waals surface area contributed by atoms with Gasteiger partial charge in [0.25, 0.3) is 0 Å².